The van der Waals surface area contributed by atoms with Crippen molar-refractivity contribution in [1.82, 2.24) is 15.0 Å². The molecule has 1 aliphatic rings. The lowest BCUT2D eigenvalue weighted by Crippen LogP contribution is -2.00. The van der Waals surface area contributed by atoms with Crippen molar-refractivity contribution in [3.8, 4) is 56.4 Å². The summed E-state index contributed by atoms with van der Waals surface area (Å²) in [5, 5.41) is 2.38. The minimum Gasteiger partial charge on any atom is -0.208 e. The predicted molar refractivity (Wildman–Crippen MR) is 231 cm³/mol. The molecule has 2 heterocycles. The first-order chi connectivity index (χ1) is 27.2. The molecule has 1 aliphatic carbocycles. The van der Waals surface area contributed by atoms with Gasteiger partial charge in [-0.3, -0.25) is 0 Å². The summed E-state index contributed by atoms with van der Waals surface area (Å²) in [7, 11) is 0. The Morgan fingerprint density at radius 3 is 1.71 bits per heavy atom. The maximum Gasteiger partial charge on any atom is 0.164 e. The Hall–Kier alpha value is -6.75. The van der Waals surface area contributed by atoms with Gasteiger partial charge in [-0.25, -0.2) is 15.0 Å². The molecule has 0 saturated heterocycles. The maximum absolute atomic E-state index is 5.18. The van der Waals surface area contributed by atoms with Crippen LogP contribution >= 0.6 is 11.3 Å². The van der Waals surface area contributed by atoms with Gasteiger partial charge in [0.15, 0.2) is 17.5 Å². The summed E-state index contributed by atoms with van der Waals surface area (Å²) in [6, 6.07) is 62.2. The van der Waals surface area contributed by atoms with Crippen molar-refractivity contribution in [1.29, 1.82) is 0 Å². The normalized spacial score (nSPS) is 14.0. The van der Waals surface area contributed by atoms with E-state index >= 15 is 0 Å². The molecule has 0 bridgehead atoms. The van der Waals surface area contributed by atoms with E-state index in [1.165, 1.54) is 53.6 Å². The fraction of sp³-hybridized carbons (Fsp3) is 0.0392. The zero-order valence-electron chi connectivity index (χ0n) is 30.0. The van der Waals surface area contributed by atoms with Crippen LogP contribution in [0.4, 0.5) is 0 Å². The Morgan fingerprint density at radius 2 is 1.00 bits per heavy atom. The quantitative estimate of drug-likeness (QED) is 0.164. The van der Waals surface area contributed by atoms with Gasteiger partial charge in [0.1, 0.15) is 0 Å². The summed E-state index contributed by atoms with van der Waals surface area (Å²) < 4.78 is 2.45. The largest absolute Gasteiger partial charge is 0.208 e. The SMILES string of the molecule is C1=CC(c2cccc(-c3ccc4sc5cccc(-c6nc(-c7ccccc7)nc(-c7ccc(-c8ccccc8)cc7)n6)c5c4c3)c2)CC=C1c1ccccc1. The molecule has 1 unspecified atom stereocenters. The molecule has 7 aromatic carbocycles. The highest BCUT2D eigenvalue weighted by Gasteiger charge is 2.18. The molecule has 260 valence electrons. The Kier molecular flexibility index (Phi) is 8.51. The number of rotatable bonds is 7. The van der Waals surface area contributed by atoms with Crippen molar-refractivity contribution < 1.29 is 0 Å². The van der Waals surface area contributed by atoms with E-state index < -0.39 is 0 Å². The molecule has 9 aromatic rings. The van der Waals surface area contributed by atoms with Crippen LogP contribution in [0.25, 0.3) is 82.2 Å². The summed E-state index contributed by atoms with van der Waals surface area (Å²) in [5.74, 6) is 2.32. The van der Waals surface area contributed by atoms with Gasteiger partial charge in [0.25, 0.3) is 0 Å². The first-order valence-electron chi connectivity index (χ1n) is 18.7. The second-order valence-electron chi connectivity index (χ2n) is 14.0. The van der Waals surface area contributed by atoms with E-state index in [4.69, 9.17) is 15.0 Å². The number of nitrogens with zero attached hydrogens (tertiary/aromatic N) is 3. The fourth-order valence-electron chi connectivity index (χ4n) is 7.64. The third-order valence-electron chi connectivity index (χ3n) is 10.5. The molecule has 0 saturated carbocycles. The van der Waals surface area contributed by atoms with E-state index in [9.17, 15) is 0 Å². The molecular formula is C51H35N3S. The van der Waals surface area contributed by atoms with E-state index in [-0.39, 0.29) is 0 Å². The molecule has 0 spiro atoms. The van der Waals surface area contributed by atoms with Crippen molar-refractivity contribution in [2.45, 2.75) is 12.3 Å². The van der Waals surface area contributed by atoms with Gasteiger partial charge in [0.2, 0.25) is 0 Å². The van der Waals surface area contributed by atoms with Crippen LogP contribution in [-0.2, 0) is 0 Å². The number of benzene rings is 7. The second kappa shape index (κ2) is 14.2. The molecule has 4 heteroatoms. The summed E-state index contributed by atoms with van der Waals surface area (Å²) in [5.41, 5.74) is 11.5. The van der Waals surface area contributed by atoms with Gasteiger partial charge >= 0.3 is 0 Å². The number of allylic oxidation sites excluding steroid dienone is 4. The van der Waals surface area contributed by atoms with E-state index in [0.29, 0.717) is 23.4 Å². The lowest BCUT2D eigenvalue weighted by Gasteiger charge is -2.18. The van der Waals surface area contributed by atoms with Gasteiger partial charge < -0.3 is 0 Å². The molecule has 0 amide bonds. The fourth-order valence-corrected chi connectivity index (χ4v) is 8.75. The van der Waals surface area contributed by atoms with Crippen molar-refractivity contribution in [3.05, 3.63) is 205 Å². The van der Waals surface area contributed by atoms with Crippen molar-refractivity contribution in [3.63, 3.8) is 0 Å². The Labute approximate surface area is 324 Å². The van der Waals surface area contributed by atoms with E-state index in [1.54, 1.807) is 0 Å². The molecule has 0 radical (unpaired) electrons. The Balaban J connectivity index is 1.04. The Morgan fingerprint density at radius 1 is 0.436 bits per heavy atom. The van der Waals surface area contributed by atoms with Gasteiger partial charge in [0.05, 0.1) is 0 Å². The molecule has 55 heavy (non-hydrogen) atoms. The van der Waals surface area contributed by atoms with Crippen LogP contribution in [-0.4, -0.2) is 15.0 Å². The molecule has 0 aliphatic heterocycles. The van der Waals surface area contributed by atoms with E-state index in [1.807, 2.05) is 35.6 Å². The van der Waals surface area contributed by atoms with Crippen molar-refractivity contribution in [2.75, 3.05) is 0 Å². The number of aromatic nitrogens is 3. The number of hydrogen-bond acceptors (Lipinski definition) is 4. The van der Waals surface area contributed by atoms with E-state index in [2.05, 4.69) is 170 Å². The molecule has 3 nitrogen and oxygen atoms in total. The van der Waals surface area contributed by atoms with E-state index in [0.717, 1.165) is 28.7 Å². The monoisotopic (exact) mass is 721 g/mol. The third kappa shape index (κ3) is 6.47. The van der Waals surface area contributed by atoms with Crippen LogP contribution in [0.1, 0.15) is 23.5 Å². The minimum atomic E-state index is 0.344. The highest BCUT2D eigenvalue weighted by molar-refractivity contribution is 7.26. The zero-order chi connectivity index (χ0) is 36.6. The van der Waals surface area contributed by atoms with Crippen LogP contribution in [0.2, 0.25) is 0 Å². The third-order valence-corrected chi connectivity index (χ3v) is 11.6. The average Bonchev–Trinajstić information content (AvgIpc) is 3.66. The molecule has 2 aromatic heterocycles. The minimum absolute atomic E-state index is 0.344. The number of hydrogen-bond donors (Lipinski definition) is 0. The van der Waals surface area contributed by atoms with Gasteiger partial charge in [-0.2, -0.15) is 0 Å². The summed E-state index contributed by atoms with van der Waals surface area (Å²) in [6.07, 6.45) is 7.98. The standard InChI is InChI=1S/C51H35N3S/c1-4-12-34(13-5-1)36-22-24-38(25-23-36)41-18-10-19-42(32-41)43-30-31-46-45(33-43)48-44(20-11-21-47(48)55-46)51-53-49(39-16-8-3-9-17-39)52-50(54-51)40-28-26-37(27-29-40)35-14-6-2-7-15-35/h1-24,26-33,38H,25H2. The number of thiophene rings is 1. The van der Waals surface area contributed by atoms with Gasteiger partial charge in [-0.15, -0.1) is 11.3 Å². The van der Waals surface area contributed by atoms with Crippen molar-refractivity contribution in [2.24, 2.45) is 0 Å². The van der Waals surface area contributed by atoms with Crippen LogP contribution < -0.4 is 0 Å². The first-order valence-corrected chi connectivity index (χ1v) is 19.5. The Bertz CT molecular complexity index is 2870. The average molecular weight is 722 g/mol. The number of fused-ring (bicyclic) bond motifs is 3. The molecule has 0 fully saturated rings. The lowest BCUT2D eigenvalue weighted by molar-refractivity contribution is 0.857. The smallest absolute Gasteiger partial charge is 0.164 e. The highest BCUT2D eigenvalue weighted by atomic mass is 32.1. The summed E-state index contributed by atoms with van der Waals surface area (Å²) >= 11 is 1.81. The summed E-state index contributed by atoms with van der Waals surface area (Å²) in [6.45, 7) is 0. The maximum atomic E-state index is 5.18. The second-order valence-corrected chi connectivity index (χ2v) is 15.0. The topological polar surface area (TPSA) is 38.7 Å². The van der Waals surface area contributed by atoms with Gasteiger partial charge in [0, 0.05) is 42.8 Å². The van der Waals surface area contributed by atoms with Crippen LogP contribution in [0.3, 0.4) is 0 Å². The summed E-state index contributed by atoms with van der Waals surface area (Å²) in [4.78, 5) is 15.3. The molecule has 0 N–H and O–H groups in total. The van der Waals surface area contributed by atoms with Crippen molar-refractivity contribution >= 4 is 37.1 Å². The zero-order valence-corrected chi connectivity index (χ0v) is 30.8. The molecular weight excluding hydrogens is 687 g/mol. The van der Waals surface area contributed by atoms with Crippen LogP contribution in [0.5, 0.6) is 0 Å². The first kappa shape index (κ1) is 32.9. The van der Waals surface area contributed by atoms with Gasteiger partial charge in [-0.05, 0) is 63.6 Å². The lowest BCUT2D eigenvalue weighted by atomic mass is 9.87. The predicted octanol–water partition coefficient (Wildman–Crippen LogP) is 13.7. The molecule has 10 rings (SSSR count). The van der Waals surface area contributed by atoms with Crippen LogP contribution in [0.15, 0.2) is 194 Å². The van der Waals surface area contributed by atoms with Gasteiger partial charge in [-0.1, -0.05) is 176 Å². The van der Waals surface area contributed by atoms with Crippen LogP contribution in [0, 0.1) is 0 Å². The molecule has 1 atom stereocenters. The highest BCUT2D eigenvalue weighted by Crippen LogP contribution is 2.42.